The number of nitrogens with zero attached hydrogens (tertiary/aromatic N) is 1. The van der Waals surface area contributed by atoms with Crippen LogP contribution in [0.3, 0.4) is 0 Å². The first-order valence-corrected chi connectivity index (χ1v) is 8.80. The minimum absolute atomic E-state index is 0.0372. The van der Waals surface area contributed by atoms with Gasteiger partial charge in [-0.05, 0) is 61.8 Å². The van der Waals surface area contributed by atoms with Crippen molar-refractivity contribution in [2.75, 3.05) is 25.0 Å². The van der Waals surface area contributed by atoms with Gasteiger partial charge in [-0.2, -0.15) is 0 Å². The summed E-state index contributed by atoms with van der Waals surface area (Å²) in [6, 6.07) is 13.1. The molecule has 1 unspecified atom stereocenters. The lowest BCUT2D eigenvalue weighted by Crippen LogP contribution is -2.38. The molecule has 0 radical (unpaired) electrons. The fourth-order valence-corrected chi connectivity index (χ4v) is 3.39. The van der Waals surface area contributed by atoms with Gasteiger partial charge in [-0.15, -0.1) is 0 Å². The summed E-state index contributed by atoms with van der Waals surface area (Å²) in [4.78, 5) is 14.5. The first-order valence-electron chi connectivity index (χ1n) is 8.42. The highest BCUT2D eigenvalue weighted by molar-refractivity contribution is 6.31. The standard InChI is InChI=1S/C19H21ClFN3O/c20-17-6-2-1-5-16(17)18(24-11-3-4-12-24)13-22-19(25)23-15-9-7-14(21)8-10-15/h1-2,5-10,18H,3-4,11-13H2,(H2,22,23,25). The van der Waals surface area contributed by atoms with Gasteiger partial charge >= 0.3 is 6.03 Å². The molecule has 0 spiro atoms. The molecule has 1 fully saturated rings. The van der Waals surface area contributed by atoms with Crippen LogP contribution in [0.5, 0.6) is 0 Å². The number of nitrogens with one attached hydrogen (secondary N) is 2. The minimum Gasteiger partial charge on any atom is -0.336 e. The van der Waals surface area contributed by atoms with Crippen LogP contribution in [0.4, 0.5) is 14.9 Å². The first-order chi connectivity index (χ1) is 12.1. The van der Waals surface area contributed by atoms with Crippen LogP contribution in [0.1, 0.15) is 24.4 Å². The van der Waals surface area contributed by atoms with Crippen molar-refractivity contribution in [2.24, 2.45) is 0 Å². The summed E-state index contributed by atoms with van der Waals surface area (Å²) >= 11 is 6.37. The van der Waals surface area contributed by atoms with Crippen LogP contribution in [-0.4, -0.2) is 30.6 Å². The largest absolute Gasteiger partial charge is 0.336 e. The number of likely N-dealkylation sites (tertiary alicyclic amines) is 1. The van der Waals surface area contributed by atoms with Crippen molar-refractivity contribution in [3.8, 4) is 0 Å². The molecule has 4 nitrogen and oxygen atoms in total. The molecule has 1 aliphatic heterocycles. The summed E-state index contributed by atoms with van der Waals surface area (Å²) < 4.78 is 12.9. The van der Waals surface area contributed by atoms with Crippen molar-refractivity contribution >= 4 is 23.3 Å². The Hall–Kier alpha value is -2.11. The van der Waals surface area contributed by atoms with Gasteiger partial charge in [0.25, 0.3) is 0 Å². The molecule has 1 saturated heterocycles. The molecule has 1 aliphatic rings. The van der Waals surface area contributed by atoms with Gasteiger partial charge in [0.2, 0.25) is 0 Å². The quantitative estimate of drug-likeness (QED) is 0.827. The van der Waals surface area contributed by atoms with Crippen LogP contribution in [0.15, 0.2) is 48.5 Å². The number of carbonyl (C=O) groups is 1. The molecule has 1 atom stereocenters. The SMILES string of the molecule is O=C(NCC(c1ccccc1Cl)N1CCCC1)Nc1ccc(F)cc1. The fourth-order valence-electron chi connectivity index (χ4n) is 3.13. The summed E-state index contributed by atoms with van der Waals surface area (Å²) in [5.74, 6) is -0.334. The Labute approximate surface area is 152 Å². The highest BCUT2D eigenvalue weighted by Gasteiger charge is 2.25. The van der Waals surface area contributed by atoms with E-state index in [2.05, 4.69) is 15.5 Å². The van der Waals surface area contributed by atoms with Crippen molar-refractivity contribution in [2.45, 2.75) is 18.9 Å². The lowest BCUT2D eigenvalue weighted by molar-refractivity contribution is 0.227. The molecule has 2 amide bonds. The van der Waals surface area contributed by atoms with Crippen LogP contribution in [0, 0.1) is 5.82 Å². The Morgan fingerprint density at radius 2 is 1.80 bits per heavy atom. The Balaban J connectivity index is 1.65. The van der Waals surface area contributed by atoms with Crippen LogP contribution in [-0.2, 0) is 0 Å². The highest BCUT2D eigenvalue weighted by atomic mass is 35.5. The predicted octanol–water partition coefficient (Wildman–Crippen LogP) is 4.44. The monoisotopic (exact) mass is 361 g/mol. The molecule has 2 N–H and O–H groups in total. The molecular weight excluding hydrogens is 341 g/mol. The number of amides is 2. The lowest BCUT2D eigenvalue weighted by atomic mass is 10.1. The van der Waals surface area contributed by atoms with Crippen molar-refractivity contribution in [1.82, 2.24) is 10.2 Å². The molecule has 0 aromatic heterocycles. The van der Waals surface area contributed by atoms with Crippen molar-refractivity contribution in [3.05, 3.63) is 64.9 Å². The molecule has 25 heavy (non-hydrogen) atoms. The number of rotatable bonds is 5. The van der Waals surface area contributed by atoms with Crippen molar-refractivity contribution in [3.63, 3.8) is 0 Å². The van der Waals surface area contributed by atoms with E-state index in [-0.39, 0.29) is 17.9 Å². The molecule has 1 heterocycles. The zero-order valence-electron chi connectivity index (χ0n) is 13.8. The predicted molar refractivity (Wildman–Crippen MR) is 98.4 cm³/mol. The minimum atomic E-state index is -0.334. The molecule has 132 valence electrons. The third kappa shape index (κ3) is 4.71. The molecule has 3 rings (SSSR count). The Morgan fingerprint density at radius 1 is 1.12 bits per heavy atom. The third-order valence-corrected chi connectivity index (χ3v) is 4.75. The van der Waals surface area contributed by atoms with Crippen LogP contribution in [0.2, 0.25) is 5.02 Å². The Bertz CT molecular complexity index is 717. The van der Waals surface area contributed by atoms with Gasteiger partial charge in [0.1, 0.15) is 5.82 Å². The van der Waals surface area contributed by atoms with Crippen LogP contribution in [0.25, 0.3) is 0 Å². The zero-order valence-corrected chi connectivity index (χ0v) is 14.6. The van der Waals surface area contributed by atoms with Gasteiger partial charge in [-0.1, -0.05) is 29.8 Å². The van der Waals surface area contributed by atoms with Gasteiger partial charge in [-0.3, -0.25) is 4.90 Å². The summed E-state index contributed by atoms with van der Waals surface area (Å²) in [6.45, 7) is 2.45. The molecule has 0 aliphatic carbocycles. The third-order valence-electron chi connectivity index (χ3n) is 4.40. The van der Waals surface area contributed by atoms with Crippen molar-refractivity contribution in [1.29, 1.82) is 0 Å². The van der Waals surface area contributed by atoms with E-state index in [1.807, 2.05) is 24.3 Å². The number of carbonyl (C=O) groups excluding carboxylic acids is 1. The summed E-state index contributed by atoms with van der Waals surface area (Å²) in [7, 11) is 0. The average molecular weight is 362 g/mol. The van der Waals surface area contributed by atoms with E-state index in [1.54, 1.807) is 0 Å². The number of anilines is 1. The maximum absolute atomic E-state index is 12.9. The second kappa shape index (κ2) is 8.32. The number of hydrogen-bond acceptors (Lipinski definition) is 2. The fraction of sp³-hybridized carbons (Fsp3) is 0.316. The summed E-state index contributed by atoms with van der Waals surface area (Å²) in [6.07, 6.45) is 2.31. The normalized spacial score (nSPS) is 15.8. The van der Waals surface area contributed by atoms with E-state index in [0.717, 1.165) is 31.5 Å². The molecule has 6 heteroatoms. The van der Waals surface area contributed by atoms with Crippen LogP contribution < -0.4 is 10.6 Å². The van der Waals surface area contributed by atoms with E-state index in [4.69, 9.17) is 11.6 Å². The topological polar surface area (TPSA) is 44.4 Å². The summed E-state index contributed by atoms with van der Waals surface area (Å²) in [5.41, 5.74) is 1.57. The van der Waals surface area contributed by atoms with E-state index >= 15 is 0 Å². The smallest absolute Gasteiger partial charge is 0.319 e. The Kier molecular flexibility index (Phi) is 5.89. The maximum atomic E-state index is 12.9. The molecule has 2 aromatic rings. The second-order valence-electron chi connectivity index (χ2n) is 6.12. The molecule has 2 aromatic carbocycles. The van der Waals surface area contributed by atoms with Gasteiger partial charge < -0.3 is 10.6 Å². The number of hydrogen-bond donors (Lipinski definition) is 2. The van der Waals surface area contributed by atoms with E-state index < -0.39 is 0 Å². The summed E-state index contributed by atoms with van der Waals surface area (Å²) in [5, 5.41) is 6.33. The highest BCUT2D eigenvalue weighted by Crippen LogP contribution is 2.29. The number of benzene rings is 2. The van der Waals surface area contributed by atoms with Gasteiger partial charge in [0.15, 0.2) is 0 Å². The average Bonchev–Trinajstić information content (AvgIpc) is 3.13. The van der Waals surface area contributed by atoms with E-state index in [9.17, 15) is 9.18 Å². The van der Waals surface area contributed by atoms with Crippen LogP contribution >= 0.6 is 11.6 Å². The van der Waals surface area contributed by atoms with E-state index in [1.165, 1.54) is 24.3 Å². The van der Waals surface area contributed by atoms with Gasteiger partial charge in [0.05, 0.1) is 6.04 Å². The van der Waals surface area contributed by atoms with E-state index in [0.29, 0.717) is 17.3 Å². The molecule has 0 saturated carbocycles. The van der Waals surface area contributed by atoms with Gasteiger partial charge in [-0.25, -0.2) is 9.18 Å². The zero-order chi connectivity index (χ0) is 17.6. The number of halogens is 2. The lowest BCUT2D eigenvalue weighted by Gasteiger charge is -2.29. The van der Waals surface area contributed by atoms with Gasteiger partial charge in [0, 0.05) is 17.3 Å². The molecule has 0 bridgehead atoms. The number of urea groups is 1. The first kappa shape index (κ1) is 17.7. The Morgan fingerprint density at radius 3 is 2.48 bits per heavy atom. The maximum Gasteiger partial charge on any atom is 0.319 e. The second-order valence-corrected chi connectivity index (χ2v) is 6.53. The molecular formula is C19H21ClFN3O. The van der Waals surface area contributed by atoms with Crippen molar-refractivity contribution < 1.29 is 9.18 Å².